The summed E-state index contributed by atoms with van der Waals surface area (Å²) >= 11 is 0. The van der Waals surface area contributed by atoms with Gasteiger partial charge in [0, 0.05) is 12.4 Å². The van der Waals surface area contributed by atoms with E-state index in [0.29, 0.717) is 18.9 Å². The van der Waals surface area contributed by atoms with Gasteiger partial charge in [0.1, 0.15) is 23.9 Å². The number of hydrogen-bond donors (Lipinski definition) is 2. The Morgan fingerprint density at radius 3 is 2.89 bits per heavy atom. The van der Waals surface area contributed by atoms with E-state index in [9.17, 15) is 4.79 Å². The average molecular weight is 386 g/mol. The molecular weight excluding hydrogens is 360 g/mol. The van der Waals surface area contributed by atoms with Crippen molar-refractivity contribution in [1.82, 2.24) is 30.3 Å². The van der Waals surface area contributed by atoms with E-state index < -0.39 is 0 Å². The summed E-state index contributed by atoms with van der Waals surface area (Å²) in [4.78, 5) is 19.0. The third-order valence-electron chi connectivity index (χ3n) is 6.19. The third kappa shape index (κ3) is 3.44. The van der Waals surface area contributed by atoms with Crippen LogP contribution in [-0.2, 0) is 15.9 Å². The lowest BCUT2D eigenvalue weighted by Gasteiger charge is -2.20. The fraction of sp³-hybridized carbons (Fsp3) is 0.684. The highest BCUT2D eigenvalue weighted by molar-refractivity contribution is 5.92. The molecule has 2 aromatic rings. The first kappa shape index (κ1) is 17.8. The molecule has 3 aliphatic rings. The van der Waals surface area contributed by atoms with Crippen LogP contribution in [0.15, 0.2) is 18.7 Å². The Balaban J connectivity index is 1.21. The van der Waals surface area contributed by atoms with Crippen molar-refractivity contribution in [2.45, 2.75) is 62.8 Å². The van der Waals surface area contributed by atoms with E-state index in [-0.39, 0.29) is 30.2 Å². The molecule has 2 N–H and O–H groups in total. The second-order valence-electron chi connectivity index (χ2n) is 8.10. The van der Waals surface area contributed by atoms with Gasteiger partial charge in [-0.15, -0.1) is 5.10 Å². The standard InChI is InChI=1S/C19H26N6O3/c26-19(14-7-20-11-21-14)22-15-9-27-18-16(10-28-17(15)18)25-8-13(23-24-25)6-12-4-2-1-3-5-12/h7-8,11-12,15-18H,1-6,9-10H2,(H,20,21)(H,22,26)/t15-,16-,17+,18+/m0/s1. The summed E-state index contributed by atoms with van der Waals surface area (Å²) in [6.45, 7) is 0.933. The van der Waals surface area contributed by atoms with E-state index in [1.54, 1.807) is 6.20 Å². The van der Waals surface area contributed by atoms with Crippen molar-refractivity contribution in [1.29, 1.82) is 0 Å². The first-order valence-electron chi connectivity index (χ1n) is 10.2. The number of nitrogens with zero attached hydrogens (tertiary/aromatic N) is 4. The number of rotatable bonds is 5. The van der Waals surface area contributed by atoms with Crippen molar-refractivity contribution in [3.05, 3.63) is 30.1 Å². The second kappa shape index (κ2) is 7.63. The molecule has 1 amide bonds. The zero-order valence-electron chi connectivity index (χ0n) is 15.8. The average Bonchev–Trinajstić information content (AvgIpc) is 3.49. The smallest absolute Gasteiger partial charge is 0.271 e. The quantitative estimate of drug-likeness (QED) is 0.801. The lowest BCUT2D eigenvalue weighted by Crippen LogP contribution is -2.44. The summed E-state index contributed by atoms with van der Waals surface area (Å²) in [5.41, 5.74) is 1.42. The van der Waals surface area contributed by atoms with Crippen LogP contribution in [0.2, 0.25) is 0 Å². The van der Waals surface area contributed by atoms with Gasteiger partial charge in [0.2, 0.25) is 0 Å². The molecule has 3 fully saturated rings. The predicted molar refractivity (Wildman–Crippen MR) is 98.7 cm³/mol. The van der Waals surface area contributed by atoms with Crippen molar-refractivity contribution < 1.29 is 14.3 Å². The number of aromatic amines is 1. The molecule has 2 aliphatic heterocycles. The van der Waals surface area contributed by atoms with E-state index in [4.69, 9.17) is 9.47 Å². The molecule has 1 saturated carbocycles. The molecule has 150 valence electrons. The minimum Gasteiger partial charge on any atom is -0.371 e. The summed E-state index contributed by atoms with van der Waals surface area (Å²) in [6.07, 6.45) is 12.4. The van der Waals surface area contributed by atoms with Crippen LogP contribution in [0.25, 0.3) is 0 Å². The number of fused-ring (bicyclic) bond motifs is 1. The van der Waals surface area contributed by atoms with Gasteiger partial charge >= 0.3 is 0 Å². The summed E-state index contributed by atoms with van der Waals surface area (Å²) in [5, 5.41) is 11.7. The first-order valence-corrected chi connectivity index (χ1v) is 10.2. The number of imidazole rings is 1. The van der Waals surface area contributed by atoms with Crippen molar-refractivity contribution in [2.24, 2.45) is 5.92 Å². The molecule has 0 unspecified atom stereocenters. The van der Waals surface area contributed by atoms with Gasteiger partial charge in [-0.1, -0.05) is 37.3 Å². The normalized spacial score (nSPS) is 30.4. The maximum absolute atomic E-state index is 12.3. The van der Waals surface area contributed by atoms with Gasteiger partial charge in [-0.2, -0.15) is 0 Å². The summed E-state index contributed by atoms with van der Waals surface area (Å²) in [5.74, 6) is 0.508. The Labute approximate surface area is 163 Å². The van der Waals surface area contributed by atoms with Gasteiger partial charge in [0.05, 0.1) is 31.3 Å². The minimum atomic E-state index is -0.224. The molecule has 0 spiro atoms. The number of nitrogens with one attached hydrogen (secondary N) is 2. The van der Waals surface area contributed by atoms with Gasteiger partial charge in [-0.25, -0.2) is 9.67 Å². The molecule has 4 atom stereocenters. The fourth-order valence-electron chi connectivity index (χ4n) is 4.71. The molecule has 0 aromatic carbocycles. The number of amides is 1. The molecule has 28 heavy (non-hydrogen) atoms. The van der Waals surface area contributed by atoms with Crippen LogP contribution in [0.4, 0.5) is 0 Å². The molecule has 1 aliphatic carbocycles. The zero-order valence-corrected chi connectivity index (χ0v) is 15.8. The Hall–Kier alpha value is -2.26. The predicted octanol–water partition coefficient (Wildman–Crippen LogP) is 1.26. The summed E-state index contributed by atoms with van der Waals surface area (Å²) in [7, 11) is 0. The molecule has 9 nitrogen and oxygen atoms in total. The highest BCUT2D eigenvalue weighted by Crippen LogP contribution is 2.34. The Bertz CT molecular complexity index is 800. The lowest BCUT2D eigenvalue weighted by atomic mass is 9.86. The van der Waals surface area contributed by atoms with Crippen LogP contribution in [-0.4, -0.2) is 62.3 Å². The zero-order chi connectivity index (χ0) is 18.9. The number of hydrogen-bond acceptors (Lipinski definition) is 6. The number of carbonyl (C=O) groups is 1. The lowest BCUT2D eigenvalue weighted by molar-refractivity contribution is 0.0613. The van der Waals surface area contributed by atoms with Crippen LogP contribution in [0.1, 0.15) is 54.3 Å². The Kier molecular flexibility index (Phi) is 4.86. The van der Waals surface area contributed by atoms with Crippen LogP contribution in [0, 0.1) is 5.92 Å². The van der Waals surface area contributed by atoms with Crippen LogP contribution in [0.3, 0.4) is 0 Å². The van der Waals surface area contributed by atoms with E-state index in [1.807, 2.05) is 10.9 Å². The molecule has 0 radical (unpaired) electrons. The van der Waals surface area contributed by atoms with E-state index in [2.05, 4.69) is 25.6 Å². The monoisotopic (exact) mass is 386 g/mol. The molecule has 0 bridgehead atoms. The molecule has 9 heteroatoms. The minimum absolute atomic E-state index is 0.00936. The molecule has 4 heterocycles. The SMILES string of the molecule is O=C(N[C@H]1CO[C@H]2[C@@H]1OC[C@@H]2n1cc(CC2CCCCC2)nn1)c1c[nH]cn1. The van der Waals surface area contributed by atoms with E-state index in [1.165, 1.54) is 38.4 Å². The molecule has 2 saturated heterocycles. The Morgan fingerprint density at radius 2 is 2.07 bits per heavy atom. The van der Waals surface area contributed by atoms with Crippen LogP contribution >= 0.6 is 0 Å². The highest BCUT2D eigenvalue weighted by Gasteiger charge is 2.49. The fourth-order valence-corrected chi connectivity index (χ4v) is 4.71. The number of aromatic nitrogens is 5. The molecular formula is C19H26N6O3. The van der Waals surface area contributed by atoms with Crippen molar-refractivity contribution >= 4 is 5.91 Å². The third-order valence-corrected chi connectivity index (χ3v) is 6.19. The molecule has 2 aromatic heterocycles. The maximum Gasteiger partial charge on any atom is 0.271 e. The Morgan fingerprint density at radius 1 is 1.21 bits per heavy atom. The summed E-state index contributed by atoms with van der Waals surface area (Å²) in [6, 6.07) is -0.200. The number of carbonyl (C=O) groups excluding carboxylic acids is 1. The van der Waals surface area contributed by atoms with Crippen molar-refractivity contribution in [3.63, 3.8) is 0 Å². The molecule has 5 rings (SSSR count). The maximum atomic E-state index is 12.3. The summed E-state index contributed by atoms with van der Waals surface area (Å²) < 4.78 is 13.8. The van der Waals surface area contributed by atoms with Crippen LogP contribution < -0.4 is 5.32 Å². The first-order chi connectivity index (χ1) is 13.8. The topological polar surface area (TPSA) is 107 Å². The highest BCUT2D eigenvalue weighted by atomic mass is 16.6. The second-order valence-corrected chi connectivity index (χ2v) is 8.10. The van der Waals surface area contributed by atoms with Gasteiger partial charge < -0.3 is 19.8 Å². The van der Waals surface area contributed by atoms with E-state index in [0.717, 1.165) is 18.0 Å². The number of H-pyrrole nitrogens is 1. The van der Waals surface area contributed by atoms with Crippen molar-refractivity contribution in [2.75, 3.05) is 13.2 Å². The van der Waals surface area contributed by atoms with Crippen molar-refractivity contribution in [3.8, 4) is 0 Å². The van der Waals surface area contributed by atoms with Gasteiger partial charge in [0.25, 0.3) is 5.91 Å². The van der Waals surface area contributed by atoms with Crippen LogP contribution in [0.5, 0.6) is 0 Å². The van der Waals surface area contributed by atoms with E-state index >= 15 is 0 Å². The largest absolute Gasteiger partial charge is 0.371 e. The van der Waals surface area contributed by atoms with Gasteiger partial charge in [0.15, 0.2) is 0 Å². The van der Waals surface area contributed by atoms with Gasteiger partial charge in [-0.3, -0.25) is 4.79 Å². The van der Waals surface area contributed by atoms with Gasteiger partial charge in [-0.05, 0) is 12.3 Å². The number of ether oxygens (including phenoxy) is 2.